The lowest BCUT2D eigenvalue weighted by Gasteiger charge is -2.07. The van der Waals surface area contributed by atoms with E-state index < -0.39 is 0 Å². The summed E-state index contributed by atoms with van der Waals surface area (Å²) in [5.74, 6) is 0.735. The van der Waals surface area contributed by atoms with Crippen molar-refractivity contribution in [2.45, 2.75) is 30.8 Å². The Kier molecular flexibility index (Phi) is 3.76. The summed E-state index contributed by atoms with van der Waals surface area (Å²) in [6, 6.07) is 8.48. The number of hydrogen-bond donors (Lipinski definition) is 0. The number of ether oxygens (including phenoxy) is 1. The Morgan fingerprint density at radius 1 is 1.18 bits per heavy atom. The number of thiophene rings is 1. The third-order valence-corrected chi connectivity index (χ3v) is 5.94. The number of aryl methyl sites for hydroxylation is 2. The van der Waals surface area contributed by atoms with Crippen molar-refractivity contribution in [3.8, 4) is 5.88 Å². The van der Waals surface area contributed by atoms with Gasteiger partial charge in [0.05, 0.1) is 5.39 Å². The van der Waals surface area contributed by atoms with Crippen LogP contribution in [-0.4, -0.2) is 16.2 Å². The Hall–Kier alpha value is -1.59. The predicted molar refractivity (Wildman–Crippen MR) is 92.0 cm³/mol. The molecule has 0 saturated heterocycles. The van der Waals surface area contributed by atoms with Gasteiger partial charge in [-0.25, -0.2) is 9.97 Å². The van der Waals surface area contributed by atoms with Crippen LogP contribution in [0.4, 0.5) is 0 Å². The van der Waals surface area contributed by atoms with Crippen molar-refractivity contribution in [3.63, 3.8) is 0 Å². The molecule has 0 bridgehead atoms. The van der Waals surface area contributed by atoms with Gasteiger partial charge in [-0.2, -0.15) is 0 Å². The molecule has 0 atom stereocenters. The lowest BCUT2D eigenvalue weighted by Crippen LogP contribution is -1.98. The maximum atomic E-state index is 6.01. The van der Waals surface area contributed by atoms with E-state index in [-0.39, 0.29) is 0 Å². The topological polar surface area (TPSA) is 35.0 Å². The van der Waals surface area contributed by atoms with Gasteiger partial charge in [-0.1, -0.05) is 12.1 Å². The van der Waals surface area contributed by atoms with E-state index in [0.717, 1.165) is 28.1 Å². The van der Waals surface area contributed by atoms with Gasteiger partial charge in [-0.05, 0) is 48.8 Å². The first-order valence-corrected chi connectivity index (χ1v) is 9.40. The van der Waals surface area contributed by atoms with E-state index in [0.29, 0.717) is 6.61 Å². The fourth-order valence-electron chi connectivity index (χ4n) is 2.88. The first kappa shape index (κ1) is 14.0. The summed E-state index contributed by atoms with van der Waals surface area (Å²) in [6.07, 6.45) is 7.23. The molecule has 0 saturated carbocycles. The second kappa shape index (κ2) is 5.89. The van der Waals surface area contributed by atoms with Crippen LogP contribution in [0.5, 0.6) is 5.88 Å². The normalized spacial score (nSPS) is 13.5. The summed E-state index contributed by atoms with van der Waals surface area (Å²) in [5.41, 5.74) is 2.57. The Balaban J connectivity index is 1.61. The molecule has 112 valence electrons. The molecule has 3 aromatic rings. The van der Waals surface area contributed by atoms with E-state index in [1.807, 2.05) is 0 Å². The fourth-order valence-corrected chi connectivity index (χ4v) is 4.51. The number of aromatic nitrogens is 2. The summed E-state index contributed by atoms with van der Waals surface area (Å²) >= 11 is 3.54. The van der Waals surface area contributed by atoms with Crippen LogP contribution in [0.3, 0.4) is 0 Å². The third kappa shape index (κ3) is 2.48. The molecule has 1 aliphatic carbocycles. The third-order valence-electron chi connectivity index (χ3n) is 4.00. The average molecular weight is 328 g/mol. The molecule has 0 unspecified atom stereocenters. The number of rotatable bonds is 4. The smallest absolute Gasteiger partial charge is 0.225 e. The summed E-state index contributed by atoms with van der Waals surface area (Å²) < 4.78 is 6.01. The van der Waals surface area contributed by atoms with Crippen molar-refractivity contribution in [3.05, 3.63) is 46.6 Å². The van der Waals surface area contributed by atoms with Crippen LogP contribution in [0.25, 0.3) is 10.2 Å². The van der Waals surface area contributed by atoms with Gasteiger partial charge in [0, 0.05) is 9.77 Å². The predicted octanol–water partition coefficient (Wildman–Crippen LogP) is 4.48. The van der Waals surface area contributed by atoms with E-state index >= 15 is 0 Å². The largest absolute Gasteiger partial charge is 0.472 e. The van der Waals surface area contributed by atoms with Gasteiger partial charge >= 0.3 is 0 Å². The molecule has 0 spiro atoms. The first-order valence-electron chi connectivity index (χ1n) is 7.36. The maximum Gasteiger partial charge on any atom is 0.225 e. The van der Waals surface area contributed by atoms with Gasteiger partial charge in [0.2, 0.25) is 5.88 Å². The molecule has 5 heteroatoms. The lowest BCUT2D eigenvalue weighted by molar-refractivity contribution is 0.297. The van der Waals surface area contributed by atoms with Crippen molar-refractivity contribution >= 4 is 33.3 Å². The number of thioether (sulfide) groups is 1. The minimum absolute atomic E-state index is 0.547. The zero-order valence-electron chi connectivity index (χ0n) is 12.3. The standard InChI is InChI=1S/C17H16N2OS2/c1-21-12-7-5-11(6-8-12)9-20-16-15-13-3-2-4-14(13)22-17(15)19-10-18-16/h5-8,10H,2-4,9H2,1H3. The van der Waals surface area contributed by atoms with Gasteiger partial charge in [0.1, 0.15) is 17.8 Å². The molecule has 1 aromatic carbocycles. The monoisotopic (exact) mass is 328 g/mol. The number of benzene rings is 1. The number of fused-ring (bicyclic) bond motifs is 3. The Morgan fingerprint density at radius 2 is 2.05 bits per heavy atom. The van der Waals surface area contributed by atoms with Crippen LogP contribution in [0.15, 0.2) is 35.5 Å². The second-order valence-corrected chi connectivity index (χ2v) is 7.32. The van der Waals surface area contributed by atoms with Crippen molar-refractivity contribution < 1.29 is 4.74 Å². The maximum absolute atomic E-state index is 6.01. The fraction of sp³-hybridized carbons (Fsp3) is 0.294. The molecule has 2 aromatic heterocycles. The minimum Gasteiger partial charge on any atom is -0.472 e. The molecule has 3 nitrogen and oxygen atoms in total. The zero-order chi connectivity index (χ0) is 14.9. The van der Waals surface area contributed by atoms with Crippen molar-refractivity contribution in [2.24, 2.45) is 0 Å². The SMILES string of the molecule is CSc1ccc(COc2ncnc3sc4c(c23)CCC4)cc1. The minimum atomic E-state index is 0.547. The van der Waals surface area contributed by atoms with Crippen LogP contribution >= 0.6 is 23.1 Å². The van der Waals surface area contributed by atoms with Crippen LogP contribution in [0, 0.1) is 0 Å². The van der Waals surface area contributed by atoms with Gasteiger partial charge in [-0.3, -0.25) is 0 Å². The van der Waals surface area contributed by atoms with Crippen LogP contribution in [0.2, 0.25) is 0 Å². The number of hydrogen-bond acceptors (Lipinski definition) is 5. The van der Waals surface area contributed by atoms with Gasteiger partial charge in [0.15, 0.2) is 0 Å². The second-order valence-electron chi connectivity index (χ2n) is 5.35. The highest BCUT2D eigenvalue weighted by molar-refractivity contribution is 7.98. The first-order chi connectivity index (χ1) is 10.8. The highest BCUT2D eigenvalue weighted by atomic mass is 32.2. The van der Waals surface area contributed by atoms with Crippen molar-refractivity contribution in [1.82, 2.24) is 9.97 Å². The summed E-state index contributed by atoms with van der Waals surface area (Å²) in [7, 11) is 0. The van der Waals surface area contributed by atoms with E-state index in [1.165, 1.54) is 28.2 Å². The van der Waals surface area contributed by atoms with Gasteiger partial charge < -0.3 is 4.74 Å². The van der Waals surface area contributed by atoms with Crippen LogP contribution < -0.4 is 4.74 Å². The van der Waals surface area contributed by atoms with Crippen LogP contribution in [0.1, 0.15) is 22.4 Å². The summed E-state index contributed by atoms with van der Waals surface area (Å²) in [5, 5.41) is 1.14. The van der Waals surface area contributed by atoms with Gasteiger partial charge in [0.25, 0.3) is 0 Å². The zero-order valence-corrected chi connectivity index (χ0v) is 14.0. The van der Waals surface area contributed by atoms with Crippen molar-refractivity contribution in [1.29, 1.82) is 0 Å². The average Bonchev–Trinajstić information content (AvgIpc) is 3.14. The van der Waals surface area contributed by atoms with Gasteiger partial charge in [-0.15, -0.1) is 23.1 Å². The van der Waals surface area contributed by atoms with E-state index in [4.69, 9.17) is 4.74 Å². The molecule has 0 N–H and O–H groups in total. The molecule has 22 heavy (non-hydrogen) atoms. The summed E-state index contributed by atoms with van der Waals surface area (Å²) in [6.45, 7) is 0.547. The molecular formula is C17H16N2OS2. The number of nitrogens with zero attached hydrogens (tertiary/aromatic N) is 2. The lowest BCUT2D eigenvalue weighted by atomic mass is 10.2. The summed E-state index contributed by atoms with van der Waals surface area (Å²) in [4.78, 5) is 12.6. The Morgan fingerprint density at radius 3 is 2.86 bits per heavy atom. The highest BCUT2D eigenvalue weighted by Gasteiger charge is 2.21. The molecule has 2 heterocycles. The molecule has 0 radical (unpaired) electrons. The van der Waals surface area contributed by atoms with E-state index in [9.17, 15) is 0 Å². The highest BCUT2D eigenvalue weighted by Crippen LogP contribution is 2.39. The molecule has 1 aliphatic rings. The molecular weight excluding hydrogens is 312 g/mol. The quantitative estimate of drug-likeness (QED) is 0.661. The molecule has 4 rings (SSSR count). The molecule has 0 fully saturated rings. The van der Waals surface area contributed by atoms with E-state index in [1.54, 1.807) is 29.4 Å². The molecule has 0 amide bonds. The van der Waals surface area contributed by atoms with Crippen LogP contribution in [-0.2, 0) is 19.4 Å². The Labute approximate surface area is 137 Å². The Bertz CT molecular complexity index is 811. The van der Waals surface area contributed by atoms with E-state index in [2.05, 4.69) is 40.5 Å². The van der Waals surface area contributed by atoms with Crippen molar-refractivity contribution in [2.75, 3.05) is 6.26 Å². The molecule has 0 aliphatic heterocycles.